The molecule has 10 nitrogen and oxygen atoms in total. The molecule has 1 fully saturated rings. The number of fused-ring (bicyclic) bond motifs is 1. The van der Waals surface area contributed by atoms with E-state index in [4.69, 9.17) is 24.7 Å². The fourth-order valence-electron chi connectivity index (χ4n) is 4.92. The third-order valence-electron chi connectivity index (χ3n) is 6.94. The molecule has 1 aliphatic rings. The number of ether oxygens (including phenoxy) is 2. The number of hydrogen-bond acceptors (Lipinski definition) is 10. The van der Waals surface area contributed by atoms with Crippen LogP contribution in [0, 0.1) is 0 Å². The predicted octanol–water partition coefficient (Wildman–Crippen LogP) is 4.07. The summed E-state index contributed by atoms with van der Waals surface area (Å²) in [5, 5.41) is 20.2. The van der Waals surface area contributed by atoms with Crippen LogP contribution >= 0.6 is 11.3 Å². The highest BCUT2D eigenvalue weighted by molar-refractivity contribution is 7.21. The molecule has 0 amide bonds. The van der Waals surface area contributed by atoms with Crippen molar-refractivity contribution in [3.8, 4) is 33.9 Å². The average Bonchev–Trinajstić information content (AvgIpc) is 3.61. The van der Waals surface area contributed by atoms with Gasteiger partial charge >= 0.3 is 5.88 Å². The second-order valence-electron chi connectivity index (χ2n) is 9.40. The molecule has 0 atom stereocenters. The first kappa shape index (κ1) is 25.6. The summed E-state index contributed by atoms with van der Waals surface area (Å²) >= 11 is 1.20. The number of pyridine rings is 1. The summed E-state index contributed by atoms with van der Waals surface area (Å²) in [6.45, 7) is 1.75. The van der Waals surface area contributed by atoms with Crippen molar-refractivity contribution in [3.05, 3.63) is 65.7 Å². The normalized spacial score (nSPS) is 14.1. The van der Waals surface area contributed by atoms with Crippen LogP contribution in [0.5, 0.6) is 11.5 Å². The molecular weight excluding hydrogens is 528 g/mol. The van der Waals surface area contributed by atoms with E-state index in [1.165, 1.54) is 17.8 Å². The zero-order chi connectivity index (χ0) is 27.6. The van der Waals surface area contributed by atoms with Crippen LogP contribution in [0.2, 0.25) is 0 Å². The zero-order valence-electron chi connectivity index (χ0n) is 22.2. The minimum atomic E-state index is -0.521. The number of benzene rings is 2. The molecule has 0 saturated carbocycles. The van der Waals surface area contributed by atoms with Crippen molar-refractivity contribution in [3.63, 3.8) is 0 Å². The van der Waals surface area contributed by atoms with E-state index >= 15 is 0 Å². The molecule has 0 bridgehead atoms. The van der Waals surface area contributed by atoms with Crippen molar-refractivity contribution in [1.82, 2.24) is 10.3 Å². The quantitative estimate of drug-likeness (QED) is 0.181. The highest BCUT2D eigenvalue weighted by Gasteiger charge is 2.24. The van der Waals surface area contributed by atoms with Gasteiger partial charge in [0.25, 0.3) is 6.20 Å². The topological polar surface area (TPSA) is 126 Å². The summed E-state index contributed by atoms with van der Waals surface area (Å²) in [5.74, 6) is 0.890. The van der Waals surface area contributed by atoms with Crippen LogP contribution < -0.4 is 30.1 Å². The minimum absolute atomic E-state index is 0.111. The molecule has 0 spiro atoms. The molecular formula is C29H28N6O4S. The van der Waals surface area contributed by atoms with E-state index < -0.39 is 5.90 Å². The van der Waals surface area contributed by atoms with Crippen molar-refractivity contribution in [2.75, 3.05) is 38.1 Å². The molecule has 11 heteroatoms. The van der Waals surface area contributed by atoms with Gasteiger partial charge in [0.1, 0.15) is 16.3 Å². The van der Waals surface area contributed by atoms with Gasteiger partial charge in [-0.25, -0.2) is 9.98 Å². The van der Waals surface area contributed by atoms with Crippen LogP contribution in [0.4, 0.5) is 11.6 Å². The molecule has 6 rings (SSSR count). The monoisotopic (exact) mass is 556 g/mol. The predicted molar refractivity (Wildman–Crippen MR) is 153 cm³/mol. The second-order valence-corrected chi connectivity index (χ2v) is 10.4. The highest BCUT2D eigenvalue weighted by Crippen LogP contribution is 2.44. The summed E-state index contributed by atoms with van der Waals surface area (Å²) in [6, 6.07) is 17.4. The third-order valence-corrected chi connectivity index (χ3v) is 8.02. The fraction of sp³-hybridized carbons (Fsp3) is 0.241. The van der Waals surface area contributed by atoms with Gasteiger partial charge < -0.3 is 20.3 Å². The number of methoxy groups -OCH3 is 2. The van der Waals surface area contributed by atoms with Crippen LogP contribution in [-0.2, 0) is 0 Å². The molecule has 4 heterocycles. The first-order valence-electron chi connectivity index (χ1n) is 13.0. The molecule has 204 valence electrons. The van der Waals surface area contributed by atoms with Crippen molar-refractivity contribution in [2.45, 2.75) is 19.3 Å². The molecule has 3 aromatic heterocycles. The maximum atomic E-state index is 13.4. The third kappa shape index (κ3) is 4.79. The number of thiophene rings is 1. The first-order valence-corrected chi connectivity index (χ1v) is 13.8. The highest BCUT2D eigenvalue weighted by atomic mass is 32.1. The van der Waals surface area contributed by atoms with Gasteiger partial charge in [-0.15, -0.1) is 11.3 Å². The Morgan fingerprint density at radius 3 is 2.60 bits per heavy atom. The summed E-state index contributed by atoms with van der Waals surface area (Å²) in [5.41, 5.74) is 10.2. The van der Waals surface area contributed by atoms with Gasteiger partial charge in [0.2, 0.25) is 5.27 Å². The molecule has 2 N–H and O–H groups in total. The Labute approximate surface area is 234 Å². The number of rotatable bonds is 7. The lowest BCUT2D eigenvalue weighted by Crippen LogP contribution is -2.60. The molecule has 40 heavy (non-hydrogen) atoms. The summed E-state index contributed by atoms with van der Waals surface area (Å²) in [7, 11) is 3.22. The molecule has 2 aromatic carbocycles. The Morgan fingerprint density at radius 1 is 1.05 bits per heavy atom. The first-order chi connectivity index (χ1) is 19.6. The van der Waals surface area contributed by atoms with Gasteiger partial charge in [-0.3, -0.25) is 4.52 Å². The van der Waals surface area contributed by atoms with Crippen molar-refractivity contribution >= 4 is 39.0 Å². The lowest BCUT2D eigenvalue weighted by Gasteiger charge is -2.17. The van der Waals surface area contributed by atoms with E-state index in [9.17, 15) is 5.11 Å². The number of nitrogens with zero attached hydrogens (tertiary/aromatic N) is 5. The lowest BCUT2D eigenvalue weighted by molar-refractivity contribution is -0.759. The number of nitrogen functional groups attached to an aromatic ring is 1. The van der Waals surface area contributed by atoms with Crippen molar-refractivity contribution < 1.29 is 23.9 Å². The van der Waals surface area contributed by atoms with Gasteiger partial charge in [0, 0.05) is 28.0 Å². The number of hydrogen-bond donors (Lipinski definition) is 1. The van der Waals surface area contributed by atoms with Gasteiger partial charge in [-0.1, -0.05) is 30.3 Å². The van der Waals surface area contributed by atoms with Crippen LogP contribution in [0.25, 0.3) is 32.6 Å². The van der Waals surface area contributed by atoms with E-state index in [0.717, 1.165) is 48.3 Å². The summed E-state index contributed by atoms with van der Waals surface area (Å²) in [6.07, 6.45) is 4.98. The van der Waals surface area contributed by atoms with Gasteiger partial charge in [0.05, 0.1) is 48.4 Å². The van der Waals surface area contributed by atoms with Crippen LogP contribution in [0.3, 0.4) is 0 Å². The molecule has 1 aliphatic heterocycles. The van der Waals surface area contributed by atoms with E-state index in [2.05, 4.69) is 15.3 Å². The van der Waals surface area contributed by atoms with Gasteiger partial charge in [0.15, 0.2) is 0 Å². The smallest absolute Gasteiger partial charge is 0.324 e. The number of aromatic nitrogens is 3. The van der Waals surface area contributed by atoms with Crippen LogP contribution in [-0.4, -0.2) is 43.5 Å². The van der Waals surface area contributed by atoms with E-state index in [1.54, 1.807) is 25.2 Å². The van der Waals surface area contributed by atoms with E-state index in [1.807, 2.05) is 54.6 Å². The van der Waals surface area contributed by atoms with Crippen LogP contribution in [0.15, 0.2) is 70.3 Å². The average molecular weight is 557 g/mol. The molecule has 0 unspecified atom stereocenters. The summed E-state index contributed by atoms with van der Waals surface area (Å²) in [4.78, 5) is 11.6. The Morgan fingerprint density at radius 2 is 1.85 bits per heavy atom. The fourth-order valence-corrected chi connectivity index (χ4v) is 5.92. The number of aliphatic imine (C=N–C) groups is 1. The van der Waals surface area contributed by atoms with E-state index in [-0.39, 0.29) is 10.8 Å². The number of piperidine rings is 1. The largest absolute Gasteiger partial charge is 0.857 e. The maximum absolute atomic E-state index is 13.4. The standard InChI is InChI=1S/C29H28N6O4S/c1-37-19-11-12-23(38-2)20(15-19)21-16-22(18-9-5-3-6-10-18)31-29-25(21)26(30)27(40-29)28(36)32-24-17-35(33-39-24)34-13-7-4-8-14-34/h3,5-6,9-12,15-17H,4,7-8,13-14H2,1-2H3,(H2-,30,32,33,36). The van der Waals surface area contributed by atoms with Gasteiger partial charge in [-0.2, -0.15) is 5.01 Å². The number of nitrogens with two attached hydrogens (primary N) is 1. The zero-order valence-corrected chi connectivity index (χ0v) is 23.0. The van der Waals surface area contributed by atoms with Gasteiger partial charge in [-0.05, 0) is 43.5 Å². The maximum Gasteiger partial charge on any atom is 0.324 e. The van der Waals surface area contributed by atoms with E-state index in [0.29, 0.717) is 27.4 Å². The second kappa shape index (κ2) is 10.9. The Bertz CT molecular complexity index is 1690. The number of anilines is 1. The minimum Gasteiger partial charge on any atom is -0.857 e. The molecule has 1 saturated heterocycles. The summed E-state index contributed by atoms with van der Waals surface area (Å²) < 4.78 is 16.5. The molecule has 5 aromatic rings. The molecule has 0 radical (unpaired) electrons. The van der Waals surface area contributed by atoms with Crippen LogP contribution in [0.1, 0.15) is 24.1 Å². The van der Waals surface area contributed by atoms with Crippen molar-refractivity contribution in [2.24, 2.45) is 4.99 Å². The Balaban J connectivity index is 1.49. The Kier molecular flexibility index (Phi) is 6.95. The van der Waals surface area contributed by atoms with Crippen molar-refractivity contribution in [1.29, 1.82) is 0 Å². The Hall–Kier alpha value is -4.64. The molecule has 0 aliphatic carbocycles. The lowest BCUT2D eigenvalue weighted by atomic mass is 9.98. The SMILES string of the molecule is COc1ccc(OC)c(-c2cc(-c3ccccc3)nc3sc(/C([O-])=N/c4c[n+](N5CCCCC5)no4)c(N)c23)c1.